The van der Waals surface area contributed by atoms with Crippen LogP contribution < -0.4 is 5.32 Å². The van der Waals surface area contributed by atoms with Crippen LogP contribution in [0.3, 0.4) is 0 Å². The summed E-state index contributed by atoms with van der Waals surface area (Å²) >= 11 is 0. The second kappa shape index (κ2) is 9.58. The van der Waals surface area contributed by atoms with Gasteiger partial charge in [0.1, 0.15) is 17.3 Å². The second-order valence-corrected chi connectivity index (χ2v) is 11.6. The van der Waals surface area contributed by atoms with Gasteiger partial charge in [-0.2, -0.15) is 4.31 Å². The molecule has 1 amide bonds. The van der Waals surface area contributed by atoms with Gasteiger partial charge in [-0.1, -0.05) is 12.6 Å². The first-order valence-corrected chi connectivity index (χ1v) is 13.2. The van der Waals surface area contributed by atoms with Gasteiger partial charge in [-0.05, 0) is 45.5 Å². The number of ether oxygens (including phenoxy) is 1. The Labute approximate surface area is 210 Å². The van der Waals surface area contributed by atoms with Crippen LogP contribution in [0.5, 0.6) is 0 Å². The maximum Gasteiger partial charge on any atom is 0.274 e. The minimum absolute atomic E-state index is 0.00578. The lowest BCUT2D eigenvalue weighted by Crippen LogP contribution is -2.54. The Morgan fingerprint density at radius 3 is 2.75 bits per heavy atom. The van der Waals surface area contributed by atoms with Crippen molar-refractivity contribution in [3.63, 3.8) is 0 Å². The highest BCUT2D eigenvalue weighted by Crippen LogP contribution is 2.31. The molecule has 3 aliphatic rings. The van der Waals surface area contributed by atoms with Crippen molar-refractivity contribution in [2.75, 3.05) is 39.8 Å². The van der Waals surface area contributed by atoms with Gasteiger partial charge < -0.3 is 25.0 Å². The van der Waals surface area contributed by atoms with E-state index in [-0.39, 0.29) is 53.3 Å². The van der Waals surface area contributed by atoms with Crippen molar-refractivity contribution >= 4 is 21.8 Å². The summed E-state index contributed by atoms with van der Waals surface area (Å²) in [7, 11) is -2.08. The van der Waals surface area contributed by atoms with Crippen LogP contribution >= 0.6 is 0 Å². The largest absolute Gasteiger partial charge is 0.504 e. The summed E-state index contributed by atoms with van der Waals surface area (Å²) in [5.74, 6) is -1.34. The first-order valence-electron chi connectivity index (χ1n) is 11.7. The molecule has 0 aromatic heterocycles. The van der Waals surface area contributed by atoms with Crippen molar-refractivity contribution in [1.29, 1.82) is 0 Å². The Morgan fingerprint density at radius 1 is 1.33 bits per heavy atom. The second-order valence-electron chi connectivity index (χ2n) is 9.72. The number of halogens is 1. The minimum atomic E-state index is -4.01. The van der Waals surface area contributed by atoms with Crippen LogP contribution in [0.25, 0.3) is 0 Å². The molecule has 36 heavy (non-hydrogen) atoms. The highest BCUT2D eigenvalue weighted by atomic mass is 32.2. The maximum atomic E-state index is 14.1. The summed E-state index contributed by atoms with van der Waals surface area (Å²) in [5.41, 5.74) is -0.590. The van der Waals surface area contributed by atoms with Gasteiger partial charge >= 0.3 is 0 Å². The van der Waals surface area contributed by atoms with Crippen molar-refractivity contribution < 1.29 is 27.4 Å². The van der Waals surface area contributed by atoms with E-state index in [1.54, 1.807) is 18.7 Å². The number of sulfonamides is 1. The Kier molecular flexibility index (Phi) is 6.99. The lowest BCUT2D eigenvalue weighted by molar-refractivity contribution is -0.118. The standard InChI is InChI=1S/C24H32FN5O5S/c1-15-14-29(9-8-28(15)5)36(33,34)19-12-18(25)7-6-17(19)13-26-22(32)20-21(31)16(2)30-10-11-35-24(3,4)23(30)27-20/h6-7,12,15,31H,2,8-11,13-14H2,1,3-5H3,(H,26,32)/t15-/m1/s1. The molecule has 2 fully saturated rings. The van der Waals surface area contributed by atoms with E-state index in [0.717, 1.165) is 12.1 Å². The Hall–Kier alpha value is -2.80. The van der Waals surface area contributed by atoms with Crippen LogP contribution in [-0.2, 0) is 26.1 Å². The molecule has 0 spiro atoms. The van der Waals surface area contributed by atoms with Crippen molar-refractivity contribution in [2.45, 2.75) is 43.9 Å². The number of carbonyl (C=O) groups is 1. The smallest absolute Gasteiger partial charge is 0.274 e. The summed E-state index contributed by atoms with van der Waals surface area (Å²) in [6.07, 6.45) is 0. The Bertz CT molecular complexity index is 1260. The maximum absolute atomic E-state index is 14.1. The summed E-state index contributed by atoms with van der Waals surface area (Å²) in [6.45, 7) is 11.2. The number of carbonyl (C=O) groups excluding carboxylic acids is 1. The molecular weight excluding hydrogens is 489 g/mol. The molecule has 0 saturated carbocycles. The van der Waals surface area contributed by atoms with E-state index < -0.39 is 27.3 Å². The van der Waals surface area contributed by atoms with Crippen molar-refractivity contribution in [3.8, 4) is 0 Å². The van der Waals surface area contributed by atoms with Gasteiger partial charge in [-0.3, -0.25) is 4.79 Å². The topological polar surface area (TPSA) is 115 Å². The van der Waals surface area contributed by atoms with Crippen LogP contribution in [0.1, 0.15) is 26.3 Å². The number of nitrogens with zero attached hydrogens (tertiary/aromatic N) is 4. The number of nitrogens with one attached hydrogen (secondary N) is 1. The molecule has 2 saturated heterocycles. The number of benzene rings is 1. The molecule has 1 aromatic rings. The van der Waals surface area contributed by atoms with Gasteiger partial charge in [0.15, 0.2) is 11.5 Å². The molecule has 12 heteroatoms. The van der Waals surface area contributed by atoms with Crippen molar-refractivity contribution in [1.82, 2.24) is 19.4 Å². The molecule has 2 N–H and O–H groups in total. The van der Waals surface area contributed by atoms with Crippen LogP contribution in [-0.4, -0.2) is 90.8 Å². The van der Waals surface area contributed by atoms with Gasteiger partial charge in [0.05, 0.1) is 17.2 Å². The predicted octanol–water partition coefficient (Wildman–Crippen LogP) is 1.57. The molecule has 196 valence electrons. The molecule has 0 radical (unpaired) electrons. The predicted molar refractivity (Wildman–Crippen MR) is 132 cm³/mol. The van der Waals surface area contributed by atoms with Crippen LogP contribution in [0, 0.1) is 5.82 Å². The first kappa shape index (κ1) is 26.3. The third-order valence-corrected chi connectivity index (χ3v) is 8.78. The summed E-state index contributed by atoms with van der Waals surface area (Å²) in [6, 6.07) is 3.46. The molecule has 3 aliphatic heterocycles. The first-order chi connectivity index (χ1) is 16.8. The fraction of sp³-hybridized carbons (Fsp3) is 0.500. The van der Waals surface area contributed by atoms with E-state index in [4.69, 9.17) is 4.74 Å². The van der Waals surface area contributed by atoms with Crippen LogP contribution in [0.4, 0.5) is 4.39 Å². The van der Waals surface area contributed by atoms with Gasteiger partial charge in [0.2, 0.25) is 10.0 Å². The number of hydrogen-bond acceptors (Lipinski definition) is 8. The number of aliphatic hydroxyl groups excluding tert-OH is 1. The van der Waals surface area contributed by atoms with E-state index in [1.807, 2.05) is 14.0 Å². The average molecular weight is 522 g/mol. The van der Waals surface area contributed by atoms with Crippen molar-refractivity contribution in [3.05, 3.63) is 53.3 Å². The van der Waals surface area contributed by atoms with Crippen molar-refractivity contribution in [2.24, 2.45) is 4.99 Å². The summed E-state index contributed by atoms with van der Waals surface area (Å²) < 4.78 is 48.0. The number of amidine groups is 1. The molecule has 1 aromatic carbocycles. The van der Waals surface area contributed by atoms with Crippen LogP contribution in [0.2, 0.25) is 0 Å². The number of aliphatic imine (C=N–C) groups is 1. The zero-order valence-corrected chi connectivity index (χ0v) is 21.7. The van der Waals surface area contributed by atoms with E-state index in [0.29, 0.717) is 25.5 Å². The number of aliphatic hydroxyl groups is 1. The van der Waals surface area contributed by atoms with E-state index in [2.05, 4.69) is 21.8 Å². The SMILES string of the molecule is C=C1C(O)=C(C(=O)NCc2ccc(F)cc2S(=O)(=O)N2CCN(C)[C@H](C)C2)N=C2N1CCOC2(C)C. The number of morpholine rings is 1. The number of amides is 1. The zero-order chi connectivity index (χ0) is 26.4. The van der Waals surface area contributed by atoms with E-state index in [1.165, 1.54) is 10.4 Å². The van der Waals surface area contributed by atoms with Gasteiger partial charge in [0.25, 0.3) is 5.91 Å². The highest BCUT2D eigenvalue weighted by molar-refractivity contribution is 7.89. The van der Waals surface area contributed by atoms with E-state index in [9.17, 15) is 22.7 Å². The van der Waals surface area contributed by atoms with Crippen LogP contribution in [0.15, 0.2) is 51.8 Å². The number of piperazine rings is 1. The summed E-state index contributed by atoms with van der Waals surface area (Å²) in [5, 5.41) is 13.2. The number of hydrogen-bond donors (Lipinski definition) is 2. The molecular formula is C24H32FN5O5S. The molecule has 0 bridgehead atoms. The summed E-state index contributed by atoms with van der Waals surface area (Å²) in [4.78, 5) is 21.0. The third-order valence-electron chi connectivity index (χ3n) is 6.84. The highest BCUT2D eigenvalue weighted by Gasteiger charge is 2.41. The number of likely N-dealkylation sites (N-methyl/N-ethyl adjacent to an activating group) is 1. The molecule has 0 unspecified atom stereocenters. The molecule has 0 aliphatic carbocycles. The lowest BCUT2D eigenvalue weighted by Gasteiger charge is -2.43. The van der Waals surface area contributed by atoms with Gasteiger partial charge in [-0.15, -0.1) is 0 Å². The molecule has 10 nitrogen and oxygen atoms in total. The normalized spacial score (nSPS) is 23.4. The van der Waals surface area contributed by atoms with Gasteiger partial charge in [-0.25, -0.2) is 17.8 Å². The number of rotatable bonds is 5. The minimum Gasteiger partial charge on any atom is -0.504 e. The average Bonchev–Trinajstić information content (AvgIpc) is 2.82. The molecule has 1 atom stereocenters. The van der Waals surface area contributed by atoms with Gasteiger partial charge in [0, 0.05) is 38.8 Å². The fourth-order valence-electron chi connectivity index (χ4n) is 4.47. The quantitative estimate of drug-likeness (QED) is 0.605. The Morgan fingerprint density at radius 2 is 2.06 bits per heavy atom. The molecule has 3 heterocycles. The third kappa shape index (κ3) is 4.77. The lowest BCUT2D eigenvalue weighted by atomic mass is 10.0. The molecule has 4 rings (SSSR count). The van der Waals surface area contributed by atoms with E-state index >= 15 is 0 Å². The Balaban J connectivity index is 1.58. The zero-order valence-electron chi connectivity index (χ0n) is 20.9. The monoisotopic (exact) mass is 521 g/mol. The fourth-order valence-corrected chi connectivity index (χ4v) is 6.22. The number of fused-ring (bicyclic) bond motifs is 1.